The highest BCUT2D eigenvalue weighted by molar-refractivity contribution is 7.17. The van der Waals surface area contributed by atoms with Crippen molar-refractivity contribution in [3.8, 4) is 10.9 Å². The number of hydrogen-bond acceptors (Lipinski definition) is 6. The number of aryl methyl sites for hydroxylation is 2. The molecule has 1 aliphatic rings. The first-order chi connectivity index (χ1) is 14.1. The van der Waals surface area contributed by atoms with E-state index in [4.69, 9.17) is 4.74 Å². The summed E-state index contributed by atoms with van der Waals surface area (Å²) in [6.45, 7) is 5.65. The van der Waals surface area contributed by atoms with Crippen molar-refractivity contribution in [2.24, 2.45) is 5.92 Å². The van der Waals surface area contributed by atoms with Crippen molar-refractivity contribution < 1.29 is 9.53 Å². The normalized spacial score (nSPS) is 16.7. The minimum absolute atomic E-state index is 0.0148. The number of aromatic nitrogens is 3. The van der Waals surface area contributed by atoms with E-state index in [2.05, 4.69) is 51.0 Å². The van der Waals surface area contributed by atoms with E-state index in [9.17, 15) is 4.79 Å². The van der Waals surface area contributed by atoms with E-state index in [1.807, 2.05) is 24.3 Å². The van der Waals surface area contributed by atoms with Gasteiger partial charge in [0, 0.05) is 24.5 Å². The second-order valence-corrected chi connectivity index (χ2v) is 8.23. The summed E-state index contributed by atoms with van der Waals surface area (Å²) in [7, 11) is 1.61. The Balaban J connectivity index is 1.47. The van der Waals surface area contributed by atoms with Gasteiger partial charge in [0.15, 0.2) is 0 Å². The van der Waals surface area contributed by atoms with Crippen LogP contribution in [0.2, 0.25) is 0 Å². The van der Waals surface area contributed by atoms with Crippen molar-refractivity contribution in [1.29, 1.82) is 0 Å². The molecule has 3 aromatic rings. The molecule has 1 aliphatic heterocycles. The molecular formula is C21H25N5O2S. The zero-order chi connectivity index (χ0) is 20.4. The number of nitrogens with one attached hydrogen (secondary N) is 1. The summed E-state index contributed by atoms with van der Waals surface area (Å²) in [5.74, 6) is 0.580. The van der Waals surface area contributed by atoms with E-state index in [1.165, 1.54) is 0 Å². The number of anilines is 2. The van der Waals surface area contributed by atoms with E-state index in [-0.39, 0.29) is 11.8 Å². The van der Waals surface area contributed by atoms with Crippen molar-refractivity contribution in [3.05, 3.63) is 47.8 Å². The van der Waals surface area contributed by atoms with Gasteiger partial charge in [0.2, 0.25) is 16.2 Å². The predicted octanol–water partition coefficient (Wildman–Crippen LogP) is 3.81. The summed E-state index contributed by atoms with van der Waals surface area (Å²) in [6.07, 6.45) is 1.81. The van der Waals surface area contributed by atoms with Gasteiger partial charge in [-0.15, -0.1) is 10.2 Å². The van der Waals surface area contributed by atoms with Crippen LogP contribution < -0.4 is 15.0 Å². The molecular weight excluding hydrogens is 386 g/mol. The van der Waals surface area contributed by atoms with E-state index < -0.39 is 0 Å². The number of hydrogen-bond donors (Lipinski definition) is 1. The van der Waals surface area contributed by atoms with E-state index in [1.54, 1.807) is 18.4 Å². The molecule has 0 aliphatic carbocycles. The lowest BCUT2D eigenvalue weighted by Crippen LogP contribution is -2.40. The Labute approximate surface area is 174 Å². The number of nitrogens with zero attached hydrogens (tertiary/aromatic N) is 4. The quantitative estimate of drug-likeness (QED) is 0.691. The van der Waals surface area contributed by atoms with Gasteiger partial charge in [-0.3, -0.25) is 9.36 Å². The van der Waals surface area contributed by atoms with Crippen molar-refractivity contribution in [2.75, 3.05) is 30.4 Å². The topological polar surface area (TPSA) is 72.3 Å². The van der Waals surface area contributed by atoms with Crippen LogP contribution in [0.25, 0.3) is 5.13 Å². The lowest BCUT2D eigenvalue weighted by molar-refractivity contribution is -0.120. The van der Waals surface area contributed by atoms with E-state index >= 15 is 0 Å². The van der Waals surface area contributed by atoms with Crippen LogP contribution >= 0.6 is 11.3 Å². The van der Waals surface area contributed by atoms with Crippen LogP contribution in [-0.4, -0.2) is 40.9 Å². The maximum Gasteiger partial charge on any atom is 0.229 e. The largest absolute Gasteiger partial charge is 0.495 e. The van der Waals surface area contributed by atoms with Crippen LogP contribution in [0.4, 0.5) is 10.8 Å². The monoisotopic (exact) mass is 411 g/mol. The molecule has 1 aromatic carbocycles. The van der Waals surface area contributed by atoms with Crippen LogP contribution in [0.1, 0.15) is 24.2 Å². The highest BCUT2D eigenvalue weighted by Gasteiger charge is 2.28. The molecule has 8 heteroatoms. The molecule has 29 heavy (non-hydrogen) atoms. The summed E-state index contributed by atoms with van der Waals surface area (Å²) < 4.78 is 7.45. The molecule has 1 fully saturated rings. The highest BCUT2D eigenvalue weighted by atomic mass is 32.1. The van der Waals surface area contributed by atoms with E-state index in [0.29, 0.717) is 18.0 Å². The van der Waals surface area contributed by atoms with Crippen LogP contribution in [0, 0.1) is 19.8 Å². The van der Waals surface area contributed by atoms with Gasteiger partial charge in [-0.1, -0.05) is 23.5 Å². The van der Waals surface area contributed by atoms with Crippen LogP contribution in [0.15, 0.2) is 36.4 Å². The average molecular weight is 412 g/mol. The third-order valence-corrected chi connectivity index (χ3v) is 6.26. The number of rotatable bonds is 5. The first kappa shape index (κ1) is 19.4. The fraction of sp³-hybridized carbons (Fsp3) is 0.381. The molecule has 0 bridgehead atoms. The maximum atomic E-state index is 12.9. The molecule has 0 saturated carbocycles. The molecule has 7 nitrogen and oxygen atoms in total. The van der Waals surface area contributed by atoms with E-state index in [0.717, 1.165) is 41.0 Å². The fourth-order valence-electron chi connectivity index (χ4n) is 3.74. The van der Waals surface area contributed by atoms with Crippen LogP contribution in [0.3, 0.4) is 0 Å². The number of benzene rings is 1. The van der Waals surface area contributed by atoms with Crippen LogP contribution in [0.5, 0.6) is 5.75 Å². The van der Waals surface area contributed by atoms with Crippen molar-refractivity contribution in [1.82, 2.24) is 14.8 Å². The minimum atomic E-state index is -0.101. The summed E-state index contributed by atoms with van der Waals surface area (Å²) in [5, 5.41) is 13.5. The van der Waals surface area contributed by atoms with Crippen LogP contribution in [-0.2, 0) is 4.79 Å². The average Bonchev–Trinajstić information content (AvgIpc) is 3.34. The molecule has 2 aromatic heterocycles. The Hall–Kier alpha value is -2.87. The number of methoxy groups -OCH3 is 1. The van der Waals surface area contributed by atoms with Gasteiger partial charge in [0.1, 0.15) is 5.75 Å². The number of carbonyl (C=O) groups excluding carboxylic acids is 1. The second kappa shape index (κ2) is 8.24. The lowest BCUT2D eigenvalue weighted by atomic mass is 9.97. The Morgan fingerprint density at radius 2 is 1.86 bits per heavy atom. The van der Waals surface area contributed by atoms with Gasteiger partial charge in [0.05, 0.1) is 18.7 Å². The number of amides is 1. The third kappa shape index (κ3) is 3.98. The first-order valence-electron chi connectivity index (χ1n) is 9.74. The van der Waals surface area contributed by atoms with Gasteiger partial charge < -0.3 is 15.0 Å². The standard InChI is InChI=1S/C21H25N5O2S/c1-14-10-11-15(2)26(14)21-24-23-20(29-21)25-12-6-7-16(13-25)19(27)22-17-8-4-5-9-18(17)28-3/h4-5,8-11,16H,6-7,12-13H2,1-3H3,(H,22,27)/t16-/m0/s1. The number of carbonyl (C=O) groups is 1. The number of para-hydroxylation sites is 2. The predicted molar refractivity (Wildman–Crippen MR) is 115 cm³/mol. The molecule has 0 unspecified atom stereocenters. The minimum Gasteiger partial charge on any atom is -0.495 e. The highest BCUT2D eigenvalue weighted by Crippen LogP contribution is 2.30. The first-order valence-corrected chi connectivity index (χ1v) is 10.6. The zero-order valence-electron chi connectivity index (χ0n) is 16.9. The molecule has 4 rings (SSSR count). The Kier molecular flexibility index (Phi) is 5.53. The smallest absolute Gasteiger partial charge is 0.229 e. The molecule has 1 N–H and O–H groups in total. The molecule has 152 valence electrons. The lowest BCUT2D eigenvalue weighted by Gasteiger charge is -2.31. The van der Waals surface area contributed by atoms with Gasteiger partial charge in [-0.25, -0.2) is 0 Å². The third-order valence-electron chi connectivity index (χ3n) is 5.29. The van der Waals surface area contributed by atoms with Gasteiger partial charge in [-0.2, -0.15) is 0 Å². The summed E-state index contributed by atoms with van der Waals surface area (Å²) in [6, 6.07) is 11.6. The summed E-state index contributed by atoms with van der Waals surface area (Å²) >= 11 is 1.56. The Morgan fingerprint density at radius 1 is 1.14 bits per heavy atom. The van der Waals surface area contributed by atoms with Crippen molar-refractivity contribution >= 4 is 28.1 Å². The van der Waals surface area contributed by atoms with Gasteiger partial charge in [-0.05, 0) is 51.0 Å². The van der Waals surface area contributed by atoms with Crippen molar-refractivity contribution in [2.45, 2.75) is 26.7 Å². The SMILES string of the molecule is COc1ccccc1NC(=O)[C@H]1CCCN(c2nnc(-n3c(C)ccc3C)s2)C1. The number of piperidine rings is 1. The van der Waals surface area contributed by atoms with Gasteiger partial charge in [0.25, 0.3) is 0 Å². The molecule has 1 amide bonds. The fourth-order valence-corrected chi connectivity index (χ4v) is 4.74. The summed E-state index contributed by atoms with van der Waals surface area (Å²) in [4.78, 5) is 15.0. The maximum absolute atomic E-state index is 12.9. The van der Waals surface area contributed by atoms with Crippen molar-refractivity contribution in [3.63, 3.8) is 0 Å². The molecule has 1 saturated heterocycles. The number of ether oxygens (including phenoxy) is 1. The Bertz CT molecular complexity index is 993. The Morgan fingerprint density at radius 3 is 2.62 bits per heavy atom. The van der Waals surface area contributed by atoms with Gasteiger partial charge >= 0.3 is 0 Å². The molecule has 1 atom stereocenters. The molecule has 0 spiro atoms. The zero-order valence-corrected chi connectivity index (χ0v) is 17.7. The second-order valence-electron chi connectivity index (χ2n) is 7.29. The molecule has 0 radical (unpaired) electrons. The summed E-state index contributed by atoms with van der Waals surface area (Å²) in [5.41, 5.74) is 2.98. The molecule has 3 heterocycles.